The van der Waals surface area contributed by atoms with E-state index >= 15 is 0 Å². The highest BCUT2D eigenvalue weighted by Gasteiger charge is 2.44. The smallest absolute Gasteiger partial charge is 0.349 e. The zero-order valence-corrected chi connectivity index (χ0v) is 14.4. The summed E-state index contributed by atoms with van der Waals surface area (Å²) in [5.74, 6) is 0.559. The van der Waals surface area contributed by atoms with Crippen LogP contribution in [0, 0.1) is 6.92 Å². The van der Waals surface area contributed by atoms with Crippen molar-refractivity contribution in [1.82, 2.24) is 10.6 Å². The molecule has 132 valence electrons. The number of hydrogen-bond acceptors (Lipinski definition) is 5. The van der Waals surface area contributed by atoms with Gasteiger partial charge in [0.1, 0.15) is 11.3 Å². The summed E-state index contributed by atoms with van der Waals surface area (Å²) in [5, 5.41) is 6.32. The van der Waals surface area contributed by atoms with Gasteiger partial charge in [-0.05, 0) is 57.2 Å². The highest BCUT2D eigenvalue weighted by atomic mass is 16.5. The molecule has 1 aliphatic carbocycles. The second-order valence-corrected chi connectivity index (χ2v) is 7.01. The molecule has 2 fully saturated rings. The highest BCUT2D eigenvalue weighted by molar-refractivity contribution is 5.95. The van der Waals surface area contributed by atoms with E-state index in [0.717, 1.165) is 45.2 Å². The molecule has 24 heavy (non-hydrogen) atoms. The number of carbonyl (C=O) groups excluding carboxylic acids is 1. The third-order valence-electron chi connectivity index (χ3n) is 5.11. The number of methoxy groups -OCH3 is 1. The molecule has 2 N–H and O–H groups in total. The van der Waals surface area contributed by atoms with Gasteiger partial charge in [0.05, 0.1) is 0 Å². The molecule has 0 bridgehead atoms. The predicted molar refractivity (Wildman–Crippen MR) is 90.5 cm³/mol. The molecule has 3 rings (SSSR count). The van der Waals surface area contributed by atoms with Crippen molar-refractivity contribution in [2.45, 2.75) is 50.5 Å². The molecule has 6 nitrogen and oxygen atoms in total. The first-order chi connectivity index (χ1) is 11.5. The van der Waals surface area contributed by atoms with Gasteiger partial charge in [0.25, 0.3) is 5.91 Å². The Morgan fingerprint density at radius 2 is 2.29 bits per heavy atom. The van der Waals surface area contributed by atoms with Crippen molar-refractivity contribution in [2.24, 2.45) is 0 Å². The van der Waals surface area contributed by atoms with Gasteiger partial charge in [-0.15, -0.1) is 0 Å². The summed E-state index contributed by atoms with van der Waals surface area (Å²) in [7, 11) is 1.65. The number of ether oxygens (including phenoxy) is 1. The van der Waals surface area contributed by atoms with E-state index in [1.807, 2.05) is 6.07 Å². The summed E-state index contributed by atoms with van der Waals surface area (Å²) < 4.78 is 10.6. The molecule has 1 saturated carbocycles. The quantitative estimate of drug-likeness (QED) is 0.828. The fraction of sp³-hybridized carbons (Fsp3) is 0.667. The number of rotatable bonds is 6. The Labute approximate surface area is 142 Å². The van der Waals surface area contributed by atoms with Gasteiger partial charge in [0.15, 0.2) is 0 Å². The van der Waals surface area contributed by atoms with Crippen LogP contribution in [0.5, 0.6) is 0 Å². The van der Waals surface area contributed by atoms with E-state index in [0.29, 0.717) is 17.9 Å². The highest BCUT2D eigenvalue weighted by Crippen LogP contribution is 2.38. The molecule has 6 heteroatoms. The lowest BCUT2D eigenvalue weighted by Crippen LogP contribution is -2.40. The van der Waals surface area contributed by atoms with Crippen molar-refractivity contribution in [3.63, 3.8) is 0 Å². The van der Waals surface area contributed by atoms with Crippen LogP contribution in [-0.4, -0.2) is 38.3 Å². The van der Waals surface area contributed by atoms with Crippen LogP contribution in [0.3, 0.4) is 0 Å². The zero-order valence-electron chi connectivity index (χ0n) is 14.4. The van der Waals surface area contributed by atoms with Gasteiger partial charge in [0, 0.05) is 31.7 Å². The lowest BCUT2D eigenvalue weighted by molar-refractivity contribution is 0.0911. The summed E-state index contributed by atoms with van der Waals surface area (Å²) in [4.78, 5) is 25.0. The zero-order chi connectivity index (χ0) is 17.2. The maximum Gasteiger partial charge on any atom is 0.349 e. The minimum Gasteiger partial charge on any atom is -0.427 e. The fourth-order valence-corrected chi connectivity index (χ4v) is 3.39. The number of aryl methyl sites for hydroxylation is 1. The first-order valence-corrected chi connectivity index (χ1v) is 8.71. The van der Waals surface area contributed by atoms with Crippen LogP contribution in [0.2, 0.25) is 0 Å². The maximum atomic E-state index is 12.6. The number of carbonyl (C=O) groups is 1. The SMILES string of the molecule is COCCC1(NC(=O)c2c(C)cc(C3CCCNC3)oc2=O)CC1. The van der Waals surface area contributed by atoms with Gasteiger partial charge in [0.2, 0.25) is 0 Å². The first-order valence-electron chi connectivity index (χ1n) is 8.71. The third-order valence-corrected chi connectivity index (χ3v) is 5.11. The maximum absolute atomic E-state index is 12.6. The average molecular weight is 334 g/mol. The van der Waals surface area contributed by atoms with Gasteiger partial charge < -0.3 is 19.8 Å². The van der Waals surface area contributed by atoms with E-state index in [9.17, 15) is 9.59 Å². The fourth-order valence-electron chi connectivity index (χ4n) is 3.39. The van der Waals surface area contributed by atoms with E-state index in [1.54, 1.807) is 14.0 Å². The number of amides is 1. The van der Waals surface area contributed by atoms with E-state index in [4.69, 9.17) is 9.15 Å². The van der Waals surface area contributed by atoms with Crippen molar-refractivity contribution in [2.75, 3.05) is 26.8 Å². The van der Waals surface area contributed by atoms with Crippen LogP contribution in [0.25, 0.3) is 0 Å². The van der Waals surface area contributed by atoms with Crippen molar-refractivity contribution in [1.29, 1.82) is 0 Å². The van der Waals surface area contributed by atoms with Crippen LogP contribution >= 0.6 is 0 Å². The van der Waals surface area contributed by atoms with Crippen LogP contribution in [0.1, 0.15) is 59.7 Å². The monoisotopic (exact) mass is 334 g/mol. The Hall–Kier alpha value is -1.66. The van der Waals surface area contributed by atoms with Crippen molar-refractivity contribution in [3.05, 3.63) is 33.4 Å². The van der Waals surface area contributed by atoms with Gasteiger partial charge in [-0.1, -0.05) is 0 Å². The van der Waals surface area contributed by atoms with E-state index < -0.39 is 5.63 Å². The summed E-state index contributed by atoms with van der Waals surface area (Å²) >= 11 is 0. The predicted octanol–water partition coefficient (Wildman–Crippen LogP) is 1.71. The van der Waals surface area contributed by atoms with Gasteiger partial charge >= 0.3 is 5.63 Å². The third kappa shape index (κ3) is 3.70. The second-order valence-electron chi connectivity index (χ2n) is 7.01. The molecule has 1 atom stereocenters. The topological polar surface area (TPSA) is 80.6 Å². The van der Waals surface area contributed by atoms with Gasteiger partial charge in [-0.2, -0.15) is 0 Å². The number of nitrogens with one attached hydrogen (secondary N) is 2. The molecular weight excluding hydrogens is 308 g/mol. The Kier molecular flexibility index (Phi) is 5.06. The van der Waals surface area contributed by atoms with Crippen LogP contribution in [0.15, 0.2) is 15.3 Å². The largest absolute Gasteiger partial charge is 0.427 e. The van der Waals surface area contributed by atoms with Crippen molar-refractivity contribution in [3.8, 4) is 0 Å². The van der Waals surface area contributed by atoms with Crippen molar-refractivity contribution >= 4 is 5.91 Å². The molecule has 1 saturated heterocycles. The lowest BCUT2D eigenvalue weighted by atomic mass is 9.95. The average Bonchev–Trinajstić information content (AvgIpc) is 3.32. The van der Waals surface area contributed by atoms with E-state index in [-0.39, 0.29) is 22.9 Å². The van der Waals surface area contributed by atoms with Crippen LogP contribution < -0.4 is 16.3 Å². The Morgan fingerprint density at radius 1 is 1.50 bits per heavy atom. The van der Waals surface area contributed by atoms with E-state index in [1.165, 1.54) is 0 Å². The molecule has 2 heterocycles. The molecule has 1 unspecified atom stereocenters. The molecule has 1 aliphatic heterocycles. The summed E-state index contributed by atoms with van der Waals surface area (Å²) in [5.41, 5.74) is 0.0754. The molecule has 1 aromatic heterocycles. The normalized spacial score (nSPS) is 22.2. The molecular formula is C18H26N2O4. The van der Waals surface area contributed by atoms with E-state index in [2.05, 4.69) is 10.6 Å². The standard InChI is InChI=1S/C18H26N2O4/c1-12-10-14(13-4-3-8-19-11-13)24-17(22)15(12)16(21)20-18(5-6-18)7-9-23-2/h10,13,19H,3-9,11H2,1-2H3,(H,20,21). The van der Waals surface area contributed by atoms with Crippen LogP contribution in [0.4, 0.5) is 0 Å². The summed E-state index contributed by atoms with van der Waals surface area (Å²) in [6, 6.07) is 1.85. The minimum atomic E-state index is -0.532. The summed E-state index contributed by atoms with van der Waals surface area (Å²) in [6.45, 7) is 4.22. The number of piperidine rings is 1. The molecule has 1 amide bonds. The summed E-state index contributed by atoms with van der Waals surface area (Å²) in [6.07, 6.45) is 4.70. The molecule has 1 aromatic rings. The van der Waals surface area contributed by atoms with Crippen molar-refractivity contribution < 1.29 is 13.9 Å². The molecule has 0 aromatic carbocycles. The Morgan fingerprint density at radius 3 is 2.88 bits per heavy atom. The number of hydrogen-bond donors (Lipinski definition) is 2. The molecule has 2 aliphatic rings. The van der Waals surface area contributed by atoms with Gasteiger partial charge in [-0.25, -0.2) is 4.79 Å². The van der Waals surface area contributed by atoms with Gasteiger partial charge in [-0.3, -0.25) is 4.79 Å². The second kappa shape index (κ2) is 7.07. The van der Waals surface area contributed by atoms with Crippen LogP contribution in [-0.2, 0) is 4.74 Å². The first kappa shape index (κ1) is 17.2. The molecule has 0 spiro atoms. The Balaban J connectivity index is 1.76. The minimum absolute atomic E-state index is 0.131. The molecule has 0 radical (unpaired) electrons. The Bertz CT molecular complexity index is 657. The lowest BCUT2D eigenvalue weighted by Gasteiger charge is -2.22.